The van der Waals surface area contributed by atoms with Crippen LogP contribution in [-0.4, -0.2) is 30.5 Å². The molecule has 0 radical (unpaired) electrons. The number of para-hydroxylation sites is 1. The highest BCUT2D eigenvalue weighted by Gasteiger charge is 2.25. The molecule has 0 spiro atoms. The van der Waals surface area contributed by atoms with Crippen LogP contribution in [0.5, 0.6) is 0 Å². The third-order valence-corrected chi connectivity index (χ3v) is 7.00. The minimum atomic E-state index is -0.409. The maximum absolute atomic E-state index is 15.0. The van der Waals surface area contributed by atoms with Gasteiger partial charge in [-0.05, 0) is 68.3 Å². The normalized spacial score (nSPS) is 15.6. The van der Waals surface area contributed by atoms with E-state index in [9.17, 15) is 4.79 Å². The monoisotopic (exact) mass is 481 g/mol. The number of halogens is 1. The highest BCUT2D eigenvalue weighted by atomic mass is 19.1. The molecule has 1 saturated heterocycles. The highest BCUT2D eigenvalue weighted by Crippen LogP contribution is 2.34. The van der Waals surface area contributed by atoms with Gasteiger partial charge in [0.1, 0.15) is 11.3 Å². The van der Waals surface area contributed by atoms with Crippen LogP contribution in [0.4, 0.5) is 4.39 Å². The van der Waals surface area contributed by atoms with Gasteiger partial charge in [0.15, 0.2) is 0 Å². The molecule has 3 aromatic carbocycles. The van der Waals surface area contributed by atoms with Crippen LogP contribution in [0.2, 0.25) is 0 Å². The Morgan fingerprint density at radius 2 is 1.78 bits per heavy atom. The van der Waals surface area contributed by atoms with Crippen molar-refractivity contribution in [1.29, 1.82) is 0 Å². The molecule has 4 nitrogen and oxygen atoms in total. The summed E-state index contributed by atoms with van der Waals surface area (Å²) in [5, 5.41) is 7.20. The Bertz CT molecular complexity index is 1320. The van der Waals surface area contributed by atoms with Gasteiger partial charge in [-0.1, -0.05) is 72.8 Å². The molecule has 1 unspecified atom stereocenters. The van der Waals surface area contributed by atoms with Crippen LogP contribution in [0, 0.1) is 11.7 Å². The fourth-order valence-electron chi connectivity index (χ4n) is 5.20. The first kappa shape index (κ1) is 24.1. The lowest BCUT2D eigenvalue weighted by Gasteiger charge is -2.25. The molecule has 4 aromatic rings. The van der Waals surface area contributed by atoms with Crippen molar-refractivity contribution in [2.24, 2.45) is 5.92 Å². The molecule has 2 N–H and O–H groups in total. The first-order chi connectivity index (χ1) is 17.7. The quantitative estimate of drug-likeness (QED) is 0.306. The number of fused-ring (bicyclic) bond motifs is 1. The van der Waals surface area contributed by atoms with Crippen molar-refractivity contribution >= 4 is 16.8 Å². The summed E-state index contributed by atoms with van der Waals surface area (Å²) in [6.45, 7) is 2.49. The lowest BCUT2D eigenvalue weighted by molar-refractivity contribution is 0.0953. The second kappa shape index (κ2) is 11.4. The molecule has 1 amide bonds. The highest BCUT2D eigenvalue weighted by molar-refractivity contribution is 6.09. The second-order valence-corrected chi connectivity index (χ2v) is 9.58. The molecular weight excluding hydrogens is 449 g/mol. The van der Waals surface area contributed by atoms with E-state index in [4.69, 9.17) is 4.98 Å². The number of carbonyl (C=O) groups is 1. The van der Waals surface area contributed by atoms with Gasteiger partial charge in [-0.25, -0.2) is 9.37 Å². The number of aromatic nitrogens is 1. The summed E-state index contributed by atoms with van der Waals surface area (Å²) in [4.78, 5) is 18.6. The number of piperidine rings is 1. The molecule has 0 bridgehead atoms. The van der Waals surface area contributed by atoms with Crippen molar-refractivity contribution < 1.29 is 9.18 Å². The zero-order chi connectivity index (χ0) is 24.7. The molecule has 0 aliphatic carbocycles. The van der Waals surface area contributed by atoms with E-state index in [-0.39, 0.29) is 11.4 Å². The number of hydrogen-bond donors (Lipinski definition) is 2. The standard InChI is InChI=1S/C31H32FN3O/c32-27-17-7-16-25-28(31(36)34-19-9-12-22-10-3-1-4-11-22)26(20-23-13-8-18-33-21-23)29(35-30(25)27)24-14-5-2-6-15-24/h1-7,10-11,14-17,23,33H,8-9,12-13,18-21H2,(H,34,36). The Morgan fingerprint density at radius 1 is 1.00 bits per heavy atom. The lowest BCUT2D eigenvalue weighted by Crippen LogP contribution is -2.32. The molecule has 5 heteroatoms. The van der Waals surface area contributed by atoms with Crippen LogP contribution in [0.3, 0.4) is 0 Å². The maximum atomic E-state index is 15.0. The van der Waals surface area contributed by atoms with E-state index >= 15 is 4.39 Å². The molecule has 5 rings (SSSR count). The molecular formula is C31H32FN3O. The smallest absolute Gasteiger partial charge is 0.252 e. The molecule has 1 aromatic heterocycles. The summed E-state index contributed by atoms with van der Waals surface area (Å²) < 4.78 is 15.0. The van der Waals surface area contributed by atoms with E-state index < -0.39 is 5.82 Å². The van der Waals surface area contributed by atoms with Crippen LogP contribution in [0.1, 0.15) is 40.7 Å². The van der Waals surface area contributed by atoms with Gasteiger partial charge in [0.2, 0.25) is 0 Å². The predicted octanol–water partition coefficient (Wildman–Crippen LogP) is 5.95. The van der Waals surface area contributed by atoms with Crippen LogP contribution in [0.15, 0.2) is 78.9 Å². The number of amides is 1. The summed E-state index contributed by atoms with van der Waals surface area (Å²) in [6.07, 6.45) is 4.66. The fraction of sp³-hybridized carbons (Fsp3) is 0.290. The molecule has 36 heavy (non-hydrogen) atoms. The van der Waals surface area contributed by atoms with E-state index in [1.165, 1.54) is 11.6 Å². The number of aryl methyl sites for hydroxylation is 1. The molecule has 0 saturated carbocycles. The topological polar surface area (TPSA) is 54.0 Å². The van der Waals surface area contributed by atoms with Gasteiger partial charge in [-0.15, -0.1) is 0 Å². The molecule has 1 fully saturated rings. The number of pyridine rings is 1. The Morgan fingerprint density at radius 3 is 2.53 bits per heavy atom. The number of nitrogens with zero attached hydrogens (tertiary/aromatic N) is 1. The zero-order valence-corrected chi connectivity index (χ0v) is 20.5. The third kappa shape index (κ3) is 5.47. The number of benzene rings is 3. The van der Waals surface area contributed by atoms with E-state index in [2.05, 4.69) is 22.8 Å². The largest absolute Gasteiger partial charge is 0.352 e. The molecule has 1 aliphatic rings. The molecule has 1 atom stereocenters. The zero-order valence-electron chi connectivity index (χ0n) is 20.5. The lowest BCUT2D eigenvalue weighted by atomic mass is 9.86. The Balaban J connectivity index is 1.53. The molecule has 184 valence electrons. The van der Waals surface area contributed by atoms with Gasteiger partial charge in [-0.2, -0.15) is 0 Å². The van der Waals surface area contributed by atoms with E-state index in [1.807, 2.05) is 54.6 Å². The van der Waals surface area contributed by atoms with Crippen LogP contribution >= 0.6 is 0 Å². The number of carbonyl (C=O) groups excluding carboxylic acids is 1. The van der Waals surface area contributed by atoms with Crippen LogP contribution in [0.25, 0.3) is 22.2 Å². The summed E-state index contributed by atoms with van der Waals surface area (Å²) in [6, 6.07) is 25.0. The van der Waals surface area contributed by atoms with E-state index in [0.29, 0.717) is 29.1 Å². The number of rotatable bonds is 8. The first-order valence-corrected chi connectivity index (χ1v) is 12.9. The number of nitrogens with one attached hydrogen (secondary N) is 2. The first-order valence-electron chi connectivity index (χ1n) is 12.9. The second-order valence-electron chi connectivity index (χ2n) is 9.58. The van der Waals surface area contributed by atoms with Crippen LogP contribution < -0.4 is 10.6 Å². The van der Waals surface area contributed by atoms with Gasteiger partial charge in [0.25, 0.3) is 5.91 Å². The van der Waals surface area contributed by atoms with Crippen molar-refractivity contribution in [3.8, 4) is 11.3 Å². The van der Waals surface area contributed by atoms with Gasteiger partial charge >= 0.3 is 0 Å². The Hall–Kier alpha value is -3.57. The van der Waals surface area contributed by atoms with Gasteiger partial charge < -0.3 is 10.6 Å². The molecule has 2 heterocycles. The van der Waals surface area contributed by atoms with Crippen molar-refractivity contribution in [1.82, 2.24) is 15.6 Å². The van der Waals surface area contributed by atoms with Crippen molar-refractivity contribution in [2.45, 2.75) is 32.1 Å². The average Bonchev–Trinajstić information content (AvgIpc) is 2.92. The maximum Gasteiger partial charge on any atom is 0.252 e. The Kier molecular flexibility index (Phi) is 7.67. The summed E-state index contributed by atoms with van der Waals surface area (Å²) >= 11 is 0. The predicted molar refractivity (Wildman–Crippen MR) is 144 cm³/mol. The summed E-state index contributed by atoms with van der Waals surface area (Å²) in [5.74, 6) is -0.163. The molecule has 1 aliphatic heterocycles. The minimum Gasteiger partial charge on any atom is -0.352 e. The average molecular weight is 482 g/mol. The van der Waals surface area contributed by atoms with Gasteiger partial charge in [0, 0.05) is 17.5 Å². The van der Waals surface area contributed by atoms with E-state index in [1.54, 1.807) is 6.07 Å². The van der Waals surface area contributed by atoms with Crippen molar-refractivity contribution in [3.05, 3.63) is 101 Å². The van der Waals surface area contributed by atoms with Gasteiger partial charge in [-0.3, -0.25) is 4.79 Å². The van der Waals surface area contributed by atoms with Gasteiger partial charge in [0.05, 0.1) is 11.3 Å². The summed E-state index contributed by atoms with van der Waals surface area (Å²) in [7, 11) is 0. The summed E-state index contributed by atoms with van der Waals surface area (Å²) in [5.41, 5.74) is 4.57. The SMILES string of the molecule is O=C(NCCCc1ccccc1)c1c(CC2CCCNC2)c(-c2ccccc2)nc2c(F)cccc12. The minimum absolute atomic E-state index is 0.156. The fourth-order valence-corrected chi connectivity index (χ4v) is 5.20. The van der Waals surface area contributed by atoms with E-state index in [0.717, 1.165) is 56.3 Å². The van der Waals surface area contributed by atoms with Crippen LogP contribution in [-0.2, 0) is 12.8 Å². The number of hydrogen-bond acceptors (Lipinski definition) is 3. The third-order valence-electron chi connectivity index (χ3n) is 7.00. The van der Waals surface area contributed by atoms with Crippen molar-refractivity contribution in [2.75, 3.05) is 19.6 Å². The van der Waals surface area contributed by atoms with Crippen molar-refractivity contribution in [3.63, 3.8) is 0 Å². The Labute approximate surface area is 212 Å².